The van der Waals surface area contributed by atoms with Gasteiger partial charge in [0.15, 0.2) is 0 Å². The van der Waals surface area contributed by atoms with E-state index < -0.39 is 28.7 Å². The van der Waals surface area contributed by atoms with Crippen LogP contribution in [-0.2, 0) is 32.8 Å². The van der Waals surface area contributed by atoms with Gasteiger partial charge in [0, 0.05) is 33.1 Å². The second-order valence-corrected chi connectivity index (χ2v) is 13.0. The van der Waals surface area contributed by atoms with Crippen LogP contribution in [-0.4, -0.2) is 62.2 Å². The summed E-state index contributed by atoms with van der Waals surface area (Å²) in [5.41, 5.74) is 4.76. The Morgan fingerprint density at radius 2 is 1.49 bits per heavy atom. The van der Waals surface area contributed by atoms with Crippen molar-refractivity contribution in [2.75, 3.05) is 24.9 Å². The third-order valence-corrected chi connectivity index (χ3v) is 8.76. The average Bonchev–Trinajstić information content (AvgIpc) is 2.91. The smallest absolute Gasteiger partial charge is 0.304 e. The molecule has 0 aliphatic rings. The third-order valence-electron chi connectivity index (χ3n) is 6.96. The number of carbonyl (C=O) groups excluding carboxylic acids is 2. The van der Waals surface area contributed by atoms with E-state index in [4.69, 9.17) is 0 Å². The molecule has 0 bridgehead atoms. The number of aryl methyl sites for hydroxylation is 3. The minimum atomic E-state index is -4.05. The molecule has 220 valence electrons. The summed E-state index contributed by atoms with van der Waals surface area (Å²) in [5.74, 6) is -0.765. The Kier molecular flexibility index (Phi) is 10.7. The fraction of sp³-hybridized carbons (Fsp3) is 0.375. The van der Waals surface area contributed by atoms with Gasteiger partial charge in [0.2, 0.25) is 11.8 Å². The summed E-state index contributed by atoms with van der Waals surface area (Å²) in [6.45, 7) is 9.08. The molecule has 1 atom stereocenters. The molecule has 1 N–H and O–H groups in total. The number of hydrogen-bond donors (Lipinski definition) is 1. The van der Waals surface area contributed by atoms with Gasteiger partial charge >= 0.3 is 10.2 Å². The van der Waals surface area contributed by atoms with Crippen molar-refractivity contribution in [3.8, 4) is 0 Å². The van der Waals surface area contributed by atoms with Crippen molar-refractivity contribution >= 4 is 27.7 Å². The maximum absolute atomic E-state index is 14.4. The molecule has 3 aromatic rings. The normalized spacial score (nSPS) is 12.3. The van der Waals surface area contributed by atoms with Crippen molar-refractivity contribution in [3.05, 3.63) is 101 Å². The summed E-state index contributed by atoms with van der Waals surface area (Å²) in [4.78, 5) is 29.6. The molecule has 41 heavy (non-hydrogen) atoms. The molecule has 0 fully saturated rings. The molecule has 0 saturated heterocycles. The maximum atomic E-state index is 14.4. The van der Waals surface area contributed by atoms with Crippen molar-refractivity contribution in [1.29, 1.82) is 0 Å². The van der Waals surface area contributed by atoms with E-state index >= 15 is 0 Å². The number of anilines is 1. The monoisotopic (exact) mass is 578 g/mol. The summed E-state index contributed by atoms with van der Waals surface area (Å²) in [6, 6.07) is 21.7. The second-order valence-electron chi connectivity index (χ2n) is 10.9. The zero-order valence-electron chi connectivity index (χ0n) is 25.1. The van der Waals surface area contributed by atoms with E-state index in [0.29, 0.717) is 5.69 Å². The molecule has 0 unspecified atom stereocenters. The molecule has 0 spiro atoms. The number of benzene rings is 3. The van der Waals surface area contributed by atoms with Crippen LogP contribution in [0.2, 0.25) is 0 Å². The SMILES string of the molecule is Cc1ccc(C)c(N(CC(=O)N(Cc2ccccc2C)[C@@H](Cc2ccccc2)C(=O)NC(C)C)S(=O)(=O)N(C)C)c1. The highest BCUT2D eigenvalue weighted by atomic mass is 32.2. The quantitative estimate of drug-likeness (QED) is 0.345. The van der Waals surface area contributed by atoms with Crippen LogP contribution in [0.5, 0.6) is 0 Å². The zero-order valence-corrected chi connectivity index (χ0v) is 25.9. The van der Waals surface area contributed by atoms with E-state index in [1.807, 2.05) is 101 Å². The highest BCUT2D eigenvalue weighted by Gasteiger charge is 2.35. The Morgan fingerprint density at radius 3 is 2.10 bits per heavy atom. The van der Waals surface area contributed by atoms with Crippen LogP contribution in [0.3, 0.4) is 0 Å². The van der Waals surface area contributed by atoms with Crippen LogP contribution in [0.15, 0.2) is 72.8 Å². The van der Waals surface area contributed by atoms with Crippen molar-refractivity contribution in [2.45, 2.75) is 59.7 Å². The van der Waals surface area contributed by atoms with Gasteiger partial charge in [0.1, 0.15) is 12.6 Å². The van der Waals surface area contributed by atoms with E-state index in [1.54, 1.807) is 6.07 Å². The Hall–Kier alpha value is -3.69. The van der Waals surface area contributed by atoms with Crippen LogP contribution >= 0.6 is 0 Å². The first-order chi connectivity index (χ1) is 19.3. The maximum Gasteiger partial charge on any atom is 0.304 e. The number of rotatable bonds is 12. The standard InChI is InChI=1S/C32H42N4O4S/c1-23(2)33-32(38)30(20-27-14-9-8-10-15-27)35(21-28-16-12-11-13-25(28)4)31(37)22-36(41(39,40)34(6)7)29-19-24(3)17-18-26(29)5/h8-19,23,30H,20-22H2,1-7H3,(H,33,38)/t30-/m0/s1. The topological polar surface area (TPSA) is 90.0 Å². The van der Waals surface area contributed by atoms with E-state index in [9.17, 15) is 18.0 Å². The molecule has 0 aliphatic carbocycles. The average molecular weight is 579 g/mol. The largest absolute Gasteiger partial charge is 0.352 e. The molecule has 2 amide bonds. The van der Waals surface area contributed by atoms with Gasteiger partial charge in [-0.3, -0.25) is 9.59 Å². The minimum Gasteiger partial charge on any atom is -0.352 e. The van der Waals surface area contributed by atoms with Gasteiger partial charge in [-0.25, -0.2) is 4.31 Å². The lowest BCUT2D eigenvalue weighted by Crippen LogP contribution is -2.55. The number of hydrogen-bond acceptors (Lipinski definition) is 4. The molecule has 0 heterocycles. The van der Waals surface area contributed by atoms with Crippen LogP contribution in [0.4, 0.5) is 5.69 Å². The number of amides is 2. The summed E-state index contributed by atoms with van der Waals surface area (Å²) in [5, 5.41) is 2.98. The van der Waals surface area contributed by atoms with Crippen molar-refractivity contribution in [3.63, 3.8) is 0 Å². The highest BCUT2D eigenvalue weighted by Crippen LogP contribution is 2.26. The first-order valence-electron chi connectivity index (χ1n) is 13.8. The van der Waals surface area contributed by atoms with Gasteiger partial charge in [0.25, 0.3) is 0 Å². The fourth-order valence-electron chi connectivity index (χ4n) is 4.60. The first kappa shape index (κ1) is 31.8. The predicted molar refractivity (Wildman–Crippen MR) is 165 cm³/mol. The van der Waals surface area contributed by atoms with Crippen LogP contribution in [0, 0.1) is 20.8 Å². The minimum absolute atomic E-state index is 0.142. The van der Waals surface area contributed by atoms with Crippen molar-refractivity contribution in [2.24, 2.45) is 0 Å². The molecule has 0 saturated carbocycles. The van der Waals surface area contributed by atoms with Gasteiger partial charge in [0.05, 0.1) is 5.69 Å². The van der Waals surface area contributed by atoms with Gasteiger partial charge in [-0.15, -0.1) is 0 Å². The molecule has 9 heteroatoms. The summed E-state index contributed by atoms with van der Waals surface area (Å²) < 4.78 is 29.5. The summed E-state index contributed by atoms with van der Waals surface area (Å²) in [6.07, 6.45) is 0.279. The summed E-state index contributed by atoms with van der Waals surface area (Å²) >= 11 is 0. The lowest BCUT2D eigenvalue weighted by Gasteiger charge is -2.35. The molecular formula is C32H42N4O4S. The van der Waals surface area contributed by atoms with Gasteiger partial charge in [-0.05, 0) is 68.5 Å². The number of carbonyl (C=O) groups is 2. The van der Waals surface area contributed by atoms with Gasteiger partial charge in [-0.2, -0.15) is 12.7 Å². The Bertz CT molecular complexity index is 1460. The Balaban J connectivity index is 2.14. The van der Waals surface area contributed by atoms with Gasteiger partial charge in [-0.1, -0.05) is 66.7 Å². The van der Waals surface area contributed by atoms with Crippen LogP contribution in [0.25, 0.3) is 0 Å². The van der Waals surface area contributed by atoms with E-state index in [-0.39, 0.29) is 24.9 Å². The molecule has 0 aliphatic heterocycles. The van der Waals surface area contributed by atoms with Crippen molar-refractivity contribution in [1.82, 2.24) is 14.5 Å². The number of nitrogens with zero attached hydrogens (tertiary/aromatic N) is 3. The lowest BCUT2D eigenvalue weighted by atomic mass is 10.0. The van der Waals surface area contributed by atoms with Gasteiger partial charge < -0.3 is 10.2 Å². The third kappa shape index (κ3) is 8.17. The lowest BCUT2D eigenvalue weighted by molar-refractivity contribution is -0.140. The Labute approximate surface area is 245 Å². The van der Waals surface area contributed by atoms with E-state index in [1.165, 1.54) is 19.0 Å². The molecule has 3 aromatic carbocycles. The van der Waals surface area contributed by atoms with Crippen LogP contribution < -0.4 is 9.62 Å². The predicted octanol–water partition coefficient (Wildman–Crippen LogP) is 4.39. The molecule has 8 nitrogen and oxygen atoms in total. The van der Waals surface area contributed by atoms with E-state index in [2.05, 4.69) is 5.32 Å². The molecular weight excluding hydrogens is 536 g/mol. The zero-order chi connectivity index (χ0) is 30.3. The van der Waals surface area contributed by atoms with Crippen molar-refractivity contribution < 1.29 is 18.0 Å². The number of nitrogens with one attached hydrogen (secondary N) is 1. The van der Waals surface area contributed by atoms with E-state index in [0.717, 1.165) is 36.4 Å². The Morgan fingerprint density at radius 1 is 0.854 bits per heavy atom. The molecule has 0 aromatic heterocycles. The first-order valence-corrected chi connectivity index (χ1v) is 15.2. The molecule has 0 radical (unpaired) electrons. The highest BCUT2D eigenvalue weighted by molar-refractivity contribution is 7.90. The second kappa shape index (κ2) is 13.8. The fourth-order valence-corrected chi connectivity index (χ4v) is 5.71. The van der Waals surface area contributed by atoms with Crippen LogP contribution in [0.1, 0.15) is 41.7 Å². The summed E-state index contributed by atoms with van der Waals surface area (Å²) in [7, 11) is -1.16. The molecule has 3 rings (SSSR count).